The van der Waals surface area contributed by atoms with Gasteiger partial charge in [0.25, 0.3) is 0 Å². The Morgan fingerprint density at radius 2 is 1.76 bits per heavy atom. The van der Waals surface area contributed by atoms with E-state index in [1.807, 2.05) is 60.7 Å². The van der Waals surface area contributed by atoms with Gasteiger partial charge in [-0.2, -0.15) is 0 Å². The van der Waals surface area contributed by atoms with Gasteiger partial charge in [-0.15, -0.1) is 0 Å². The van der Waals surface area contributed by atoms with Gasteiger partial charge in [-0.05, 0) is 36.4 Å². The van der Waals surface area contributed by atoms with Crippen molar-refractivity contribution in [2.24, 2.45) is 0 Å². The minimum atomic E-state index is 0.583. The van der Waals surface area contributed by atoms with Crippen molar-refractivity contribution >= 4 is 22.7 Å². The molecule has 1 aliphatic rings. The second-order valence-electron chi connectivity index (χ2n) is 4.79. The van der Waals surface area contributed by atoms with Crippen molar-refractivity contribution < 1.29 is 4.74 Å². The highest BCUT2D eigenvalue weighted by Crippen LogP contribution is 2.51. The first-order valence-electron chi connectivity index (χ1n) is 6.71. The maximum atomic E-state index is 6.18. The van der Waals surface area contributed by atoms with E-state index in [9.17, 15) is 0 Å². The molecule has 2 heterocycles. The summed E-state index contributed by atoms with van der Waals surface area (Å²) in [6.07, 6.45) is 1.72. The second kappa shape index (κ2) is 4.52. The Morgan fingerprint density at radius 3 is 2.62 bits per heavy atom. The number of pyridine rings is 1. The number of para-hydroxylation sites is 2. The van der Waals surface area contributed by atoms with Crippen LogP contribution in [-0.4, -0.2) is 4.98 Å². The van der Waals surface area contributed by atoms with E-state index in [2.05, 4.69) is 9.88 Å². The zero-order valence-electron chi connectivity index (χ0n) is 11.2. The number of nitrogens with two attached hydrogens (primary N) is 1. The maximum Gasteiger partial charge on any atom is 0.243 e. The molecular weight excluding hydrogens is 262 g/mol. The number of benzene rings is 2. The lowest BCUT2D eigenvalue weighted by Crippen LogP contribution is -2.17. The van der Waals surface area contributed by atoms with Crippen molar-refractivity contribution in [3.05, 3.63) is 66.9 Å². The van der Waals surface area contributed by atoms with Crippen molar-refractivity contribution in [1.29, 1.82) is 0 Å². The van der Waals surface area contributed by atoms with Gasteiger partial charge in [0.05, 0.1) is 5.69 Å². The van der Waals surface area contributed by atoms with Gasteiger partial charge in [-0.3, -0.25) is 0 Å². The van der Waals surface area contributed by atoms with Crippen molar-refractivity contribution in [3.8, 4) is 11.6 Å². The second-order valence-corrected chi connectivity index (χ2v) is 4.79. The summed E-state index contributed by atoms with van der Waals surface area (Å²) in [5.41, 5.74) is 9.61. The number of nitrogens with zero attached hydrogens (tertiary/aromatic N) is 2. The van der Waals surface area contributed by atoms with Crippen LogP contribution in [0.2, 0.25) is 0 Å². The molecule has 1 aliphatic heterocycles. The number of hydrogen-bond donors (Lipinski definition) is 1. The normalized spacial score (nSPS) is 12.3. The maximum absolute atomic E-state index is 6.18. The lowest BCUT2D eigenvalue weighted by Gasteiger charge is -2.32. The fourth-order valence-corrected chi connectivity index (χ4v) is 2.56. The summed E-state index contributed by atoms with van der Waals surface area (Å²) >= 11 is 0. The molecule has 2 aromatic carbocycles. The lowest BCUT2D eigenvalue weighted by molar-refractivity contribution is 0.458. The van der Waals surface area contributed by atoms with Gasteiger partial charge in [0, 0.05) is 11.9 Å². The average molecular weight is 275 g/mol. The van der Waals surface area contributed by atoms with E-state index in [4.69, 9.17) is 10.5 Å². The fraction of sp³-hybridized carbons (Fsp3) is 0. The van der Waals surface area contributed by atoms with Crippen molar-refractivity contribution in [3.63, 3.8) is 0 Å². The summed E-state index contributed by atoms with van der Waals surface area (Å²) in [4.78, 5) is 6.40. The predicted octanol–water partition coefficient (Wildman–Crippen LogP) is 4.24. The summed E-state index contributed by atoms with van der Waals surface area (Å²) in [7, 11) is 0. The van der Waals surface area contributed by atoms with Gasteiger partial charge >= 0.3 is 0 Å². The van der Waals surface area contributed by atoms with E-state index in [1.165, 1.54) is 0 Å². The number of anilines is 4. The Hall–Kier alpha value is -3.01. The summed E-state index contributed by atoms with van der Waals surface area (Å²) in [5, 5.41) is 0. The van der Waals surface area contributed by atoms with Crippen LogP contribution in [0.25, 0.3) is 0 Å². The Morgan fingerprint density at radius 1 is 0.905 bits per heavy atom. The third kappa shape index (κ3) is 1.80. The molecule has 2 N–H and O–H groups in total. The van der Waals surface area contributed by atoms with E-state index in [0.717, 1.165) is 17.1 Å². The zero-order valence-corrected chi connectivity index (χ0v) is 11.2. The third-order valence-corrected chi connectivity index (χ3v) is 3.47. The molecule has 102 valence electrons. The largest absolute Gasteiger partial charge is 0.435 e. The molecule has 4 nitrogen and oxygen atoms in total. The van der Waals surface area contributed by atoms with E-state index in [0.29, 0.717) is 17.3 Å². The zero-order chi connectivity index (χ0) is 14.2. The number of nitrogen functional groups attached to an aromatic ring is 1. The Labute approximate surface area is 122 Å². The van der Waals surface area contributed by atoms with Gasteiger partial charge in [-0.1, -0.05) is 24.3 Å². The minimum Gasteiger partial charge on any atom is -0.435 e. The molecule has 0 spiro atoms. The first-order chi connectivity index (χ1) is 10.3. The molecular formula is C17H13N3O. The SMILES string of the molecule is Nc1cccc2c1N(c1ccccc1)c1cccnc1O2. The molecule has 0 saturated heterocycles. The molecule has 1 aromatic heterocycles. The van der Waals surface area contributed by atoms with Crippen molar-refractivity contribution in [1.82, 2.24) is 4.98 Å². The smallest absolute Gasteiger partial charge is 0.243 e. The lowest BCUT2D eigenvalue weighted by atomic mass is 10.1. The molecule has 0 amide bonds. The topological polar surface area (TPSA) is 51.4 Å². The Bertz CT molecular complexity index is 802. The summed E-state index contributed by atoms with van der Waals surface area (Å²) in [5.74, 6) is 1.30. The summed E-state index contributed by atoms with van der Waals surface area (Å²) in [6.45, 7) is 0. The van der Waals surface area contributed by atoms with Crippen LogP contribution in [0.5, 0.6) is 11.6 Å². The monoisotopic (exact) mass is 275 g/mol. The number of ether oxygens (including phenoxy) is 1. The molecule has 21 heavy (non-hydrogen) atoms. The van der Waals surface area contributed by atoms with Gasteiger partial charge in [0.1, 0.15) is 11.4 Å². The fourth-order valence-electron chi connectivity index (χ4n) is 2.56. The van der Waals surface area contributed by atoms with Gasteiger partial charge in [0.15, 0.2) is 5.75 Å². The molecule has 0 aliphatic carbocycles. The molecule has 3 aromatic rings. The van der Waals surface area contributed by atoms with Crippen LogP contribution in [0.1, 0.15) is 0 Å². The highest BCUT2D eigenvalue weighted by Gasteiger charge is 2.28. The average Bonchev–Trinajstić information content (AvgIpc) is 2.54. The Kier molecular flexibility index (Phi) is 2.54. The number of fused-ring (bicyclic) bond motifs is 2. The minimum absolute atomic E-state index is 0.583. The van der Waals surface area contributed by atoms with Crippen LogP contribution in [0.15, 0.2) is 66.9 Å². The van der Waals surface area contributed by atoms with Gasteiger partial charge in [-0.25, -0.2) is 4.98 Å². The van der Waals surface area contributed by atoms with Crippen LogP contribution in [0, 0.1) is 0 Å². The molecule has 0 fully saturated rings. The van der Waals surface area contributed by atoms with Gasteiger partial charge < -0.3 is 15.4 Å². The first-order valence-corrected chi connectivity index (χ1v) is 6.71. The quantitative estimate of drug-likeness (QED) is 0.528. The van der Waals surface area contributed by atoms with E-state index in [1.54, 1.807) is 6.20 Å². The molecule has 0 radical (unpaired) electrons. The molecule has 4 heteroatoms. The van der Waals surface area contributed by atoms with Crippen molar-refractivity contribution in [2.75, 3.05) is 10.6 Å². The number of hydrogen-bond acceptors (Lipinski definition) is 4. The Balaban J connectivity index is 2.01. The van der Waals surface area contributed by atoms with Gasteiger partial charge in [0.2, 0.25) is 5.88 Å². The number of aromatic nitrogens is 1. The van der Waals surface area contributed by atoms with E-state index in [-0.39, 0.29) is 0 Å². The van der Waals surface area contributed by atoms with Crippen molar-refractivity contribution in [2.45, 2.75) is 0 Å². The van der Waals surface area contributed by atoms with E-state index >= 15 is 0 Å². The number of rotatable bonds is 1. The molecule has 4 rings (SSSR count). The van der Waals surface area contributed by atoms with Crippen LogP contribution < -0.4 is 15.4 Å². The summed E-state index contributed by atoms with van der Waals surface area (Å²) in [6, 6.07) is 19.6. The standard InChI is InChI=1S/C17H13N3O/c18-13-8-4-10-15-16(13)20(12-6-2-1-3-7-12)14-9-5-11-19-17(14)21-15/h1-11H,18H2. The predicted molar refractivity (Wildman–Crippen MR) is 83.4 cm³/mol. The molecule has 0 bridgehead atoms. The van der Waals surface area contributed by atoms with Crippen LogP contribution in [0.4, 0.5) is 22.7 Å². The third-order valence-electron chi connectivity index (χ3n) is 3.47. The van der Waals surface area contributed by atoms with Crippen LogP contribution in [-0.2, 0) is 0 Å². The first kappa shape index (κ1) is 11.8. The van der Waals surface area contributed by atoms with Crippen LogP contribution >= 0.6 is 0 Å². The highest BCUT2D eigenvalue weighted by atomic mass is 16.5. The highest BCUT2D eigenvalue weighted by molar-refractivity contribution is 5.91. The summed E-state index contributed by atoms with van der Waals surface area (Å²) < 4.78 is 5.88. The molecule has 0 unspecified atom stereocenters. The van der Waals surface area contributed by atoms with Crippen LogP contribution in [0.3, 0.4) is 0 Å². The molecule has 0 atom stereocenters. The van der Waals surface area contributed by atoms with E-state index < -0.39 is 0 Å². The molecule has 0 saturated carbocycles.